The van der Waals surface area contributed by atoms with Crippen LogP contribution in [0.25, 0.3) is 22.2 Å². The molecule has 5 nitrogen and oxygen atoms in total. The Morgan fingerprint density at radius 2 is 2.08 bits per heavy atom. The molecule has 2 N–H and O–H groups in total. The Kier molecular flexibility index (Phi) is 3.98. The van der Waals surface area contributed by atoms with E-state index >= 15 is 0 Å². The molecule has 120 valence electrons. The summed E-state index contributed by atoms with van der Waals surface area (Å²) in [7, 11) is 0. The second-order valence-corrected chi connectivity index (χ2v) is 6.34. The molecule has 0 saturated heterocycles. The molecule has 0 amide bonds. The van der Waals surface area contributed by atoms with Gasteiger partial charge in [-0.15, -0.1) is 11.3 Å². The normalized spacial score (nSPS) is 11.0. The van der Waals surface area contributed by atoms with Crippen molar-refractivity contribution >= 4 is 28.1 Å². The van der Waals surface area contributed by atoms with Gasteiger partial charge in [0.05, 0.1) is 12.1 Å². The molecule has 0 fully saturated rings. The summed E-state index contributed by atoms with van der Waals surface area (Å²) >= 11 is 1.71. The summed E-state index contributed by atoms with van der Waals surface area (Å²) in [5, 5.41) is 15.5. The van der Waals surface area contributed by atoms with Crippen LogP contribution in [0.5, 0.6) is 0 Å². The second-order valence-electron chi connectivity index (χ2n) is 5.31. The van der Waals surface area contributed by atoms with Gasteiger partial charge in [-0.3, -0.25) is 0 Å². The summed E-state index contributed by atoms with van der Waals surface area (Å²) in [6, 6.07) is 13.7. The number of nitrogens with zero attached hydrogens (tertiary/aromatic N) is 2. The van der Waals surface area contributed by atoms with Crippen molar-refractivity contribution in [2.24, 2.45) is 0 Å². The molecule has 4 aromatic rings. The summed E-state index contributed by atoms with van der Waals surface area (Å²) in [6.07, 6.45) is 1.56. The van der Waals surface area contributed by atoms with Crippen LogP contribution in [0.15, 0.2) is 58.6 Å². The minimum Gasteiger partial charge on any atom is -0.459 e. The third-order valence-corrected chi connectivity index (χ3v) is 4.62. The van der Waals surface area contributed by atoms with Crippen LogP contribution in [0.4, 0.5) is 5.82 Å². The minimum atomic E-state index is -0.107. The van der Waals surface area contributed by atoms with Crippen molar-refractivity contribution in [2.45, 2.75) is 13.2 Å². The number of anilines is 1. The number of fused-ring (bicyclic) bond motifs is 1. The standard InChI is InChI=1S/C18H15N3O2S/c22-10-13-4-6-17(23-13)12-3-5-16-15(8-12)18(21-11-20-16)19-9-14-2-1-7-24-14/h1-8,11,22H,9-10H2,(H,19,20,21). The highest BCUT2D eigenvalue weighted by atomic mass is 32.1. The first-order chi connectivity index (χ1) is 11.8. The predicted molar refractivity (Wildman–Crippen MR) is 94.8 cm³/mol. The molecular weight excluding hydrogens is 322 g/mol. The number of rotatable bonds is 5. The average Bonchev–Trinajstić information content (AvgIpc) is 3.31. The molecule has 0 bridgehead atoms. The van der Waals surface area contributed by atoms with E-state index in [1.54, 1.807) is 23.7 Å². The first kappa shape index (κ1) is 14.9. The number of aliphatic hydroxyl groups excluding tert-OH is 1. The first-order valence-corrected chi connectivity index (χ1v) is 8.42. The second kappa shape index (κ2) is 6.43. The zero-order valence-electron chi connectivity index (χ0n) is 12.8. The van der Waals surface area contributed by atoms with Crippen molar-refractivity contribution in [1.82, 2.24) is 9.97 Å². The molecule has 0 radical (unpaired) electrons. The molecule has 0 spiro atoms. The van der Waals surface area contributed by atoms with E-state index in [2.05, 4.69) is 26.7 Å². The number of furan rings is 1. The summed E-state index contributed by atoms with van der Waals surface area (Å²) < 4.78 is 5.62. The van der Waals surface area contributed by atoms with Crippen molar-refractivity contribution in [2.75, 3.05) is 5.32 Å². The quantitative estimate of drug-likeness (QED) is 0.575. The van der Waals surface area contributed by atoms with Crippen LogP contribution in [-0.4, -0.2) is 15.1 Å². The van der Waals surface area contributed by atoms with E-state index in [9.17, 15) is 0 Å². The average molecular weight is 337 g/mol. The Labute approximate surface area is 142 Å². The maximum atomic E-state index is 9.15. The Morgan fingerprint density at radius 3 is 2.88 bits per heavy atom. The Balaban J connectivity index is 1.70. The molecule has 4 rings (SSSR count). The van der Waals surface area contributed by atoms with E-state index in [0.29, 0.717) is 11.5 Å². The molecule has 0 aliphatic rings. The molecule has 3 aromatic heterocycles. The predicted octanol–water partition coefficient (Wildman–Crippen LogP) is 4.06. The highest BCUT2D eigenvalue weighted by Crippen LogP contribution is 2.28. The van der Waals surface area contributed by atoms with Gasteiger partial charge in [0.2, 0.25) is 0 Å². The molecule has 0 atom stereocenters. The Hall–Kier alpha value is -2.70. The zero-order chi connectivity index (χ0) is 16.4. The van der Waals surface area contributed by atoms with Crippen LogP contribution < -0.4 is 5.32 Å². The fourth-order valence-corrected chi connectivity index (χ4v) is 3.20. The van der Waals surface area contributed by atoms with E-state index < -0.39 is 0 Å². The smallest absolute Gasteiger partial charge is 0.137 e. The molecule has 3 heterocycles. The lowest BCUT2D eigenvalue weighted by Gasteiger charge is -2.08. The van der Waals surface area contributed by atoms with Gasteiger partial charge >= 0.3 is 0 Å². The molecule has 1 aromatic carbocycles. The summed E-state index contributed by atoms with van der Waals surface area (Å²) in [4.78, 5) is 9.94. The molecule has 6 heteroatoms. The highest BCUT2D eigenvalue weighted by Gasteiger charge is 2.09. The van der Waals surface area contributed by atoms with E-state index in [1.165, 1.54) is 4.88 Å². The van der Waals surface area contributed by atoms with E-state index in [1.807, 2.05) is 30.3 Å². The van der Waals surface area contributed by atoms with Gasteiger partial charge in [-0.25, -0.2) is 9.97 Å². The van der Waals surface area contributed by atoms with Crippen molar-refractivity contribution in [1.29, 1.82) is 0 Å². The van der Waals surface area contributed by atoms with Crippen molar-refractivity contribution < 1.29 is 9.52 Å². The molecule has 0 saturated carbocycles. The van der Waals surface area contributed by atoms with E-state index in [0.717, 1.165) is 28.8 Å². The molecule has 24 heavy (non-hydrogen) atoms. The van der Waals surface area contributed by atoms with Crippen molar-refractivity contribution in [3.8, 4) is 11.3 Å². The van der Waals surface area contributed by atoms with Crippen molar-refractivity contribution in [3.63, 3.8) is 0 Å². The Morgan fingerprint density at radius 1 is 1.12 bits per heavy atom. The van der Waals surface area contributed by atoms with Crippen LogP contribution in [0.1, 0.15) is 10.6 Å². The largest absolute Gasteiger partial charge is 0.459 e. The van der Waals surface area contributed by atoms with Gasteiger partial charge in [-0.1, -0.05) is 6.07 Å². The monoisotopic (exact) mass is 337 g/mol. The number of hydrogen-bond acceptors (Lipinski definition) is 6. The third kappa shape index (κ3) is 2.89. The van der Waals surface area contributed by atoms with E-state index in [4.69, 9.17) is 9.52 Å². The summed E-state index contributed by atoms with van der Waals surface area (Å²) in [5.41, 5.74) is 1.80. The molecular formula is C18H15N3O2S. The Bertz CT molecular complexity index is 963. The maximum Gasteiger partial charge on any atom is 0.137 e. The molecule has 0 aliphatic heterocycles. The SMILES string of the molecule is OCc1ccc(-c2ccc3ncnc(NCc4cccs4)c3c2)o1. The number of nitrogens with one attached hydrogen (secondary N) is 1. The minimum absolute atomic E-state index is 0.107. The van der Waals surface area contributed by atoms with Crippen LogP contribution in [-0.2, 0) is 13.2 Å². The molecule has 0 unspecified atom stereocenters. The number of hydrogen-bond donors (Lipinski definition) is 2. The third-order valence-electron chi connectivity index (χ3n) is 3.75. The lowest BCUT2D eigenvalue weighted by Crippen LogP contribution is -2.01. The van der Waals surface area contributed by atoms with Crippen LogP contribution in [0.2, 0.25) is 0 Å². The first-order valence-electron chi connectivity index (χ1n) is 7.54. The van der Waals surface area contributed by atoms with Gasteiger partial charge in [0.15, 0.2) is 0 Å². The fraction of sp³-hybridized carbons (Fsp3) is 0.111. The summed E-state index contributed by atoms with van der Waals surface area (Å²) in [6.45, 7) is 0.619. The van der Waals surface area contributed by atoms with Gasteiger partial charge in [-0.2, -0.15) is 0 Å². The molecule has 0 aliphatic carbocycles. The summed E-state index contributed by atoms with van der Waals surface area (Å²) in [5.74, 6) is 2.06. The van der Waals surface area contributed by atoms with Gasteiger partial charge in [0.1, 0.15) is 30.3 Å². The van der Waals surface area contributed by atoms with Crippen LogP contribution >= 0.6 is 11.3 Å². The van der Waals surface area contributed by atoms with Crippen molar-refractivity contribution in [3.05, 3.63) is 64.8 Å². The maximum absolute atomic E-state index is 9.15. The van der Waals surface area contributed by atoms with Crippen LogP contribution in [0.3, 0.4) is 0 Å². The van der Waals surface area contributed by atoms with Crippen LogP contribution in [0, 0.1) is 0 Å². The van der Waals surface area contributed by atoms with Gasteiger partial charge in [0.25, 0.3) is 0 Å². The number of aromatic nitrogens is 2. The lowest BCUT2D eigenvalue weighted by molar-refractivity contribution is 0.248. The van der Waals surface area contributed by atoms with E-state index in [-0.39, 0.29) is 6.61 Å². The lowest BCUT2D eigenvalue weighted by atomic mass is 10.1. The number of thiophene rings is 1. The zero-order valence-corrected chi connectivity index (χ0v) is 13.6. The van der Waals surface area contributed by atoms with Gasteiger partial charge in [-0.05, 0) is 41.8 Å². The topological polar surface area (TPSA) is 71.2 Å². The van der Waals surface area contributed by atoms with Gasteiger partial charge in [0, 0.05) is 15.8 Å². The number of aliphatic hydroxyl groups is 1. The fourth-order valence-electron chi connectivity index (χ4n) is 2.55. The van der Waals surface area contributed by atoms with Gasteiger partial charge < -0.3 is 14.8 Å². The highest BCUT2D eigenvalue weighted by molar-refractivity contribution is 7.09. The number of benzene rings is 1.